The van der Waals surface area contributed by atoms with Crippen molar-refractivity contribution in [2.24, 2.45) is 5.41 Å². The first-order valence-corrected chi connectivity index (χ1v) is 7.08. The van der Waals surface area contributed by atoms with Gasteiger partial charge in [-0.25, -0.2) is 0 Å². The summed E-state index contributed by atoms with van der Waals surface area (Å²) in [6, 6.07) is 3.74. The van der Waals surface area contributed by atoms with E-state index in [0.29, 0.717) is 5.75 Å². The van der Waals surface area contributed by atoms with Gasteiger partial charge in [-0.3, -0.25) is 4.79 Å². The molecule has 0 radical (unpaired) electrons. The van der Waals surface area contributed by atoms with E-state index < -0.39 is 0 Å². The quantitative estimate of drug-likeness (QED) is 0.829. The van der Waals surface area contributed by atoms with E-state index in [1.807, 2.05) is 12.1 Å². The number of piperidine rings is 1. The van der Waals surface area contributed by atoms with Crippen LogP contribution in [0.3, 0.4) is 0 Å². The minimum absolute atomic E-state index is 0.239. The van der Waals surface area contributed by atoms with Gasteiger partial charge in [0.05, 0.1) is 19.8 Å². The van der Waals surface area contributed by atoms with E-state index >= 15 is 0 Å². The van der Waals surface area contributed by atoms with Crippen LogP contribution in [0.4, 0.5) is 0 Å². The van der Waals surface area contributed by atoms with Crippen LogP contribution in [-0.2, 0) is 6.42 Å². The number of carbonyl (C=O) groups is 1. The molecule has 0 N–H and O–H groups in total. The Morgan fingerprint density at radius 1 is 1.10 bits per heavy atom. The standard InChI is InChI=1S/C16H21NO3/c1-17-8-6-16(7-9-17)10-11-12(19-2)4-5-13(20-3)14(11)15(16)18/h4-5H,6-10H2,1-3H3. The lowest BCUT2D eigenvalue weighted by atomic mass is 9.75. The Kier molecular flexibility index (Phi) is 3.21. The molecule has 1 spiro atoms. The fourth-order valence-electron chi connectivity index (χ4n) is 3.53. The van der Waals surface area contributed by atoms with Crippen molar-refractivity contribution in [1.29, 1.82) is 0 Å². The molecule has 1 aliphatic heterocycles. The predicted octanol–water partition coefficient (Wildman–Crippen LogP) is 2.15. The number of benzene rings is 1. The molecule has 1 heterocycles. The van der Waals surface area contributed by atoms with Gasteiger partial charge in [0, 0.05) is 11.0 Å². The topological polar surface area (TPSA) is 38.8 Å². The number of hydrogen-bond acceptors (Lipinski definition) is 4. The number of carbonyl (C=O) groups excluding carboxylic acids is 1. The van der Waals surface area contributed by atoms with Gasteiger partial charge in [0.15, 0.2) is 5.78 Å². The number of rotatable bonds is 2. The minimum Gasteiger partial charge on any atom is -0.496 e. The molecule has 0 saturated carbocycles. The van der Waals surface area contributed by atoms with Crippen molar-refractivity contribution in [3.05, 3.63) is 23.3 Å². The van der Waals surface area contributed by atoms with Crippen LogP contribution >= 0.6 is 0 Å². The zero-order valence-electron chi connectivity index (χ0n) is 12.4. The number of ketones is 1. The van der Waals surface area contributed by atoms with E-state index in [2.05, 4.69) is 11.9 Å². The van der Waals surface area contributed by atoms with Crippen LogP contribution in [0.15, 0.2) is 12.1 Å². The van der Waals surface area contributed by atoms with Crippen LogP contribution < -0.4 is 9.47 Å². The highest BCUT2D eigenvalue weighted by Crippen LogP contribution is 2.49. The summed E-state index contributed by atoms with van der Waals surface area (Å²) in [6.45, 7) is 1.95. The van der Waals surface area contributed by atoms with Crippen LogP contribution in [0.25, 0.3) is 0 Å². The molecule has 0 amide bonds. The average Bonchev–Trinajstić information content (AvgIpc) is 2.75. The molecular formula is C16H21NO3. The maximum absolute atomic E-state index is 13.0. The lowest BCUT2D eigenvalue weighted by Crippen LogP contribution is -2.41. The predicted molar refractivity (Wildman–Crippen MR) is 76.7 cm³/mol. The highest BCUT2D eigenvalue weighted by Gasteiger charge is 2.49. The first kappa shape index (κ1) is 13.4. The van der Waals surface area contributed by atoms with E-state index in [-0.39, 0.29) is 11.2 Å². The summed E-state index contributed by atoms with van der Waals surface area (Å²) in [5.74, 6) is 1.74. The molecule has 20 heavy (non-hydrogen) atoms. The summed E-state index contributed by atoms with van der Waals surface area (Å²) < 4.78 is 10.8. The second-order valence-electron chi connectivity index (χ2n) is 5.91. The normalized spacial score (nSPS) is 21.1. The van der Waals surface area contributed by atoms with E-state index in [1.54, 1.807) is 14.2 Å². The molecular weight excluding hydrogens is 254 g/mol. The van der Waals surface area contributed by atoms with Gasteiger partial charge < -0.3 is 14.4 Å². The Hall–Kier alpha value is -1.55. The minimum atomic E-state index is -0.239. The molecule has 108 valence electrons. The molecule has 4 heteroatoms. The van der Waals surface area contributed by atoms with Crippen molar-refractivity contribution < 1.29 is 14.3 Å². The molecule has 0 atom stereocenters. The Balaban J connectivity index is 2.05. The summed E-state index contributed by atoms with van der Waals surface area (Å²) in [5.41, 5.74) is 1.54. The van der Waals surface area contributed by atoms with Crippen LogP contribution in [-0.4, -0.2) is 45.0 Å². The van der Waals surface area contributed by atoms with Crippen molar-refractivity contribution in [3.8, 4) is 11.5 Å². The van der Waals surface area contributed by atoms with Crippen LogP contribution in [0.5, 0.6) is 11.5 Å². The molecule has 0 unspecified atom stereocenters. The molecule has 1 saturated heterocycles. The first-order chi connectivity index (χ1) is 9.61. The maximum atomic E-state index is 13.0. The van der Waals surface area contributed by atoms with Crippen LogP contribution in [0.1, 0.15) is 28.8 Å². The lowest BCUT2D eigenvalue weighted by molar-refractivity contribution is 0.0668. The Labute approximate surface area is 119 Å². The molecule has 1 aromatic carbocycles. The number of ether oxygens (including phenoxy) is 2. The SMILES string of the molecule is COc1ccc(OC)c2c1CC1(CCN(C)CC1)C2=O. The first-order valence-electron chi connectivity index (χ1n) is 7.08. The van der Waals surface area contributed by atoms with Crippen molar-refractivity contribution in [3.63, 3.8) is 0 Å². The highest BCUT2D eigenvalue weighted by atomic mass is 16.5. The van der Waals surface area contributed by atoms with Crippen molar-refractivity contribution in [2.45, 2.75) is 19.3 Å². The number of likely N-dealkylation sites (tertiary alicyclic amines) is 1. The van der Waals surface area contributed by atoms with Crippen LogP contribution in [0.2, 0.25) is 0 Å². The second kappa shape index (κ2) is 4.77. The fraction of sp³-hybridized carbons (Fsp3) is 0.562. The zero-order valence-corrected chi connectivity index (χ0v) is 12.4. The van der Waals surface area contributed by atoms with Crippen molar-refractivity contribution in [2.75, 3.05) is 34.4 Å². The van der Waals surface area contributed by atoms with Gasteiger partial charge >= 0.3 is 0 Å². The monoisotopic (exact) mass is 275 g/mol. The fourth-order valence-corrected chi connectivity index (χ4v) is 3.53. The summed E-state index contributed by atoms with van der Waals surface area (Å²) in [4.78, 5) is 15.3. The van der Waals surface area contributed by atoms with Gasteiger partial charge in [-0.05, 0) is 51.5 Å². The summed E-state index contributed by atoms with van der Waals surface area (Å²) in [6.07, 6.45) is 2.63. The molecule has 1 aliphatic carbocycles. The van der Waals surface area contributed by atoms with E-state index in [9.17, 15) is 4.79 Å². The molecule has 1 aromatic rings. The molecule has 4 nitrogen and oxygen atoms in total. The third-order valence-electron chi connectivity index (χ3n) is 4.84. The Morgan fingerprint density at radius 3 is 2.30 bits per heavy atom. The third kappa shape index (κ3) is 1.82. The van der Waals surface area contributed by atoms with Gasteiger partial charge in [0.1, 0.15) is 11.5 Å². The highest BCUT2D eigenvalue weighted by molar-refractivity contribution is 6.08. The average molecular weight is 275 g/mol. The number of fused-ring (bicyclic) bond motifs is 1. The van der Waals surface area contributed by atoms with E-state index in [4.69, 9.17) is 9.47 Å². The second-order valence-corrected chi connectivity index (χ2v) is 5.91. The van der Waals surface area contributed by atoms with Crippen molar-refractivity contribution in [1.82, 2.24) is 4.90 Å². The number of Topliss-reactive ketones (excluding diaryl/α,β-unsaturated/α-hetero) is 1. The molecule has 3 rings (SSSR count). The smallest absolute Gasteiger partial charge is 0.173 e. The van der Waals surface area contributed by atoms with Gasteiger partial charge in [-0.1, -0.05) is 0 Å². The van der Waals surface area contributed by atoms with E-state index in [0.717, 1.165) is 49.2 Å². The molecule has 1 fully saturated rings. The van der Waals surface area contributed by atoms with Crippen molar-refractivity contribution >= 4 is 5.78 Å². The maximum Gasteiger partial charge on any atom is 0.173 e. The Bertz CT molecular complexity index is 545. The largest absolute Gasteiger partial charge is 0.496 e. The number of methoxy groups -OCH3 is 2. The molecule has 0 bridgehead atoms. The molecule has 0 aromatic heterocycles. The van der Waals surface area contributed by atoms with Gasteiger partial charge in [-0.2, -0.15) is 0 Å². The zero-order chi connectivity index (χ0) is 14.3. The number of nitrogens with zero attached hydrogens (tertiary/aromatic N) is 1. The van der Waals surface area contributed by atoms with Gasteiger partial charge in [-0.15, -0.1) is 0 Å². The number of hydrogen-bond donors (Lipinski definition) is 0. The lowest BCUT2D eigenvalue weighted by Gasteiger charge is -2.36. The van der Waals surface area contributed by atoms with Gasteiger partial charge in [0.25, 0.3) is 0 Å². The van der Waals surface area contributed by atoms with E-state index in [1.165, 1.54) is 0 Å². The van der Waals surface area contributed by atoms with Crippen LogP contribution in [0, 0.1) is 5.41 Å². The third-order valence-corrected chi connectivity index (χ3v) is 4.84. The summed E-state index contributed by atoms with van der Waals surface area (Å²) in [5, 5.41) is 0. The Morgan fingerprint density at radius 2 is 1.70 bits per heavy atom. The summed E-state index contributed by atoms with van der Waals surface area (Å²) in [7, 11) is 5.39. The van der Waals surface area contributed by atoms with Gasteiger partial charge in [0.2, 0.25) is 0 Å². The molecule has 2 aliphatic rings. The summed E-state index contributed by atoms with van der Waals surface area (Å²) >= 11 is 0.